The lowest BCUT2D eigenvalue weighted by atomic mass is 10.4. The van der Waals surface area contributed by atoms with Gasteiger partial charge in [-0.3, -0.25) is 5.41 Å². The summed E-state index contributed by atoms with van der Waals surface area (Å²) in [5.74, 6) is 0.435. The second kappa shape index (κ2) is 6.03. The van der Waals surface area contributed by atoms with Crippen molar-refractivity contribution in [3.05, 3.63) is 11.8 Å². The minimum Gasteiger partial charge on any atom is -0.494 e. The molecular weight excluding hydrogens is 199 g/mol. The van der Waals surface area contributed by atoms with Gasteiger partial charge in [-0.1, -0.05) is 18.5 Å². The number of halogens is 2. The Bertz CT molecular complexity index is 223. The third-order valence-electron chi connectivity index (χ3n) is 1.01. The van der Waals surface area contributed by atoms with E-state index in [4.69, 9.17) is 33.3 Å². The number of amidine groups is 1. The third kappa shape index (κ3) is 4.36. The summed E-state index contributed by atoms with van der Waals surface area (Å²) in [6.07, 6.45) is 2.54. The van der Waals surface area contributed by atoms with Gasteiger partial charge in [-0.2, -0.15) is 0 Å². The summed E-state index contributed by atoms with van der Waals surface area (Å²) < 4.78 is 4.90. The van der Waals surface area contributed by atoms with Crippen LogP contribution in [0.5, 0.6) is 0 Å². The van der Waals surface area contributed by atoms with Crippen molar-refractivity contribution in [1.82, 2.24) is 0 Å². The molecule has 0 aromatic rings. The number of methoxy groups -OCH3 is 1. The highest BCUT2D eigenvalue weighted by Gasteiger charge is 2.03. The molecule has 0 amide bonds. The fraction of sp³-hybridized carbons (Fsp3) is 0.429. The molecule has 0 heterocycles. The Labute approximate surface area is 81.5 Å². The van der Waals surface area contributed by atoms with Crippen LogP contribution in [0.4, 0.5) is 0 Å². The normalized spacial score (nSPS) is 13.0. The molecule has 0 aliphatic rings. The first-order valence-electron chi connectivity index (χ1n) is 3.34. The standard InChI is InChI=1S/C7H10Cl2N2O/c1-3-4-5(12-2)6(8)11-7(9)10/h4,10H,3H2,1-2H3/b5-4+,10-7?,11-6?. The zero-order valence-electron chi connectivity index (χ0n) is 6.90. The van der Waals surface area contributed by atoms with Crippen molar-refractivity contribution < 1.29 is 4.74 Å². The lowest BCUT2D eigenvalue weighted by molar-refractivity contribution is 0.315. The highest BCUT2D eigenvalue weighted by Crippen LogP contribution is 2.06. The summed E-state index contributed by atoms with van der Waals surface area (Å²) in [5, 5.41) is 6.57. The Morgan fingerprint density at radius 2 is 2.17 bits per heavy atom. The molecule has 0 aromatic carbocycles. The van der Waals surface area contributed by atoms with Crippen LogP contribution in [0.25, 0.3) is 0 Å². The SMILES string of the molecule is CC/C=C(/OC)C(Cl)=NC(=N)Cl. The number of allylic oxidation sites excluding steroid dienone is 2. The van der Waals surface area contributed by atoms with E-state index >= 15 is 0 Å². The van der Waals surface area contributed by atoms with Crippen LogP contribution in [-0.4, -0.2) is 17.6 Å². The summed E-state index contributed by atoms with van der Waals surface area (Å²) in [5.41, 5.74) is 0. The van der Waals surface area contributed by atoms with Crippen molar-refractivity contribution in [2.75, 3.05) is 7.11 Å². The first kappa shape index (κ1) is 11.5. The van der Waals surface area contributed by atoms with Gasteiger partial charge in [0.2, 0.25) is 5.29 Å². The number of hydrogen-bond acceptors (Lipinski definition) is 2. The number of nitrogens with zero attached hydrogens (tertiary/aromatic N) is 1. The van der Waals surface area contributed by atoms with Crippen LogP contribution in [0, 0.1) is 5.41 Å². The van der Waals surface area contributed by atoms with Crippen LogP contribution in [0.3, 0.4) is 0 Å². The predicted molar refractivity (Wildman–Crippen MR) is 52.3 cm³/mol. The molecular formula is C7H10Cl2N2O. The van der Waals surface area contributed by atoms with E-state index in [1.807, 2.05) is 6.92 Å². The molecule has 0 rings (SSSR count). The summed E-state index contributed by atoms with van der Waals surface area (Å²) in [7, 11) is 1.48. The molecule has 0 fully saturated rings. The van der Waals surface area contributed by atoms with Crippen LogP contribution in [0.15, 0.2) is 16.8 Å². The second-order valence-electron chi connectivity index (χ2n) is 1.87. The van der Waals surface area contributed by atoms with E-state index < -0.39 is 0 Å². The molecule has 0 spiro atoms. The summed E-state index contributed by atoms with van der Waals surface area (Å²) in [6.45, 7) is 1.94. The Kier molecular flexibility index (Phi) is 5.76. The van der Waals surface area contributed by atoms with Gasteiger partial charge in [0.15, 0.2) is 10.9 Å². The van der Waals surface area contributed by atoms with E-state index in [0.29, 0.717) is 5.76 Å². The first-order chi connectivity index (χ1) is 5.61. The van der Waals surface area contributed by atoms with Gasteiger partial charge in [-0.15, -0.1) is 0 Å². The fourth-order valence-corrected chi connectivity index (χ4v) is 0.945. The van der Waals surface area contributed by atoms with Crippen molar-refractivity contribution in [3.63, 3.8) is 0 Å². The second-order valence-corrected chi connectivity index (χ2v) is 2.59. The van der Waals surface area contributed by atoms with Gasteiger partial charge >= 0.3 is 0 Å². The van der Waals surface area contributed by atoms with Crippen LogP contribution >= 0.6 is 23.2 Å². The summed E-state index contributed by atoms with van der Waals surface area (Å²) >= 11 is 10.9. The average Bonchev–Trinajstić information content (AvgIpc) is 1.98. The van der Waals surface area contributed by atoms with Crippen molar-refractivity contribution in [3.8, 4) is 0 Å². The summed E-state index contributed by atoms with van der Waals surface area (Å²) in [4.78, 5) is 3.50. The van der Waals surface area contributed by atoms with E-state index in [2.05, 4.69) is 4.99 Å². The molecule has 68 valence electrons. The highest BCUT2D eigenvalue weighted by molar-refractivity contribution is 6.73. The topological polar surface area (TPSA) is 45.4 Å². The molecule has 0 unspecified atom stereocenters. The largest absolute Gasteiger partial charge is 0.494 e. The molecule has 0 saturated carbocycles. The van der Waals surface area contributed by atoms with Gasteiger partial charge < -0.3 is 4.74 Å². The Morgan fingerprint density at radius 1 is 1.58 bits per heavy atom. The third-order valence-corrected chi connectivity index (χ3v) is 1.36. The first-order valence-corrected chi connectivity index (χ1v) is 4.10. The van der Waals surface area contributed by atoms with Gasteiger partial charge in [-0.25, -0.2) is 4.99 Å². The minimum absolute atomic E-state index is 0.0966. The maximum Gasteiger partial charge on any atom is 0.216 e. The van der Waals surface area contributed by atoms with Gasteiger partial charge in [0, 0.05) is 0 Å². The van der Waals surface area contributed by atoms with Crippen molar-refractivity contribution in [2.24, 2.45) is 4.99 Å². The van der Waals surface area contributed by atoms with Crippen LogP contribution in [0.1, 0.15) is 13.3 Å². The van der Waals surface area contributed by atoms with Crippen LogP contribution in [0.2, 0.25) is 0 Å². The smallest absolute Gasteiger partial charge is 0.216 e. The van der Waals surface area contributed by atoms with E-state index in [-0.39, 0.29) is 10.5 Å². The van der Waals surface area contributed by atoms with Gasteiger partial charge in [0.1, 0.15) is 0 Å². The molecule has 3 nitrogen and oxygen atoms in total. The zero-order valence-corrected chi connectivity index (χ0v) is 8.41. The van der Waals surface area contributed by atoms with Gasteiger partial charge in [-0.05, 0) is 24.1 Å². The predicted octanol–water partition coefficient (Wildman–Crippen LogP) is 2.74. The molecule has 5 heteroatoms. The molecule has 0 aromatic heterocycles. The number of nitrogens with one attached hydrogen (secondary N) is 1. The molecule has 0 saturated heterocycles. The van der Waals surface area contributed by atoms with E-state index in [1.54, 1.807) is 6.08 Å². The molecule has 0 bridgehead atoms. The lowest BCUT2D eigenvalue weighted by Crippen LogP contribution is -1.98. The molecule has 12 heavy (non-hydrogen) atoms. The monoisotopic (exact) mass is 208 g/mol. The number of ether oxygens (including phenoxy) is 1. The van der Waals surface area contributed by atoms with Crippen molar-refractivity contribution in [1.29, 1.82) is 5.41 Å². The van der Waals surface area contributed by atoms with E-state index in [9.17, 15) is 0 Å². The minimum atomic E-state index is -0.362. The van der Waals surface area contributed by atoms with Crippen molar-refractivity contribution >= 4 is 33.7 Å². The quantitative estimate of drug-likeness (QED) is 0.330. The van der Waals surface area contributed by atoms with Crippen LogP contribution < -0.4 is 0 Å². The Morgan fingerprint density at radius 3 is 2.50 bits per heavy atom. The Balaban J connectivity index is 4.52. The van der Waals surface area contributed by atoms with Gasteiger partial charge in [0.05, 0.1) is 7.11 Å². The molecule has 0 aliphatic heterocycles. The van der Waals surface area contributed by atoms with Crippen molar-refractivity contribution in [2.45, 2.75) is 13.3 Å². The highest BCUT2D eigenvalue weighted by atomic mass is 35.5. The summed E-state index contributed by atoms with van der Waals surface area (Å²) in [6, 6.07) is 0. The number of hydrogen-bond donors (Lipinski definition) is 1. The Hall–Kier alpha value is -0.540. The molecule has 0 aliphatic carbocycles. The number of aliphatic imine (C=N–C) groups is 1. The zero-order chi connectivity index (χ0) is 9.56. The average molecular weight is 209 g/mol. The lowest BCUT2D eigenvalue weighted by Gasteiger charge is -2.01. The van der Waals surface area contributed by atoms with E-state index in [0.717, 1.165) is 6.42 Å². The maximum absolute atomic E-state index is 6.84. The molecule has 0 radical (unpaired) electrons. The van der Waals surface area contributed by atoms with E-state index in [1.165, 1.54) is 7.11 Å². The fourth-order valence-electron chi connectivity index (χ4n) is 0.578. The molecule has 0 atom stereocenters. The van der Waals surface area contributed by atoms with Crippen LogP contribution in [-0.2, 0) is 4.74 Å². The number of rotatable bonds is 3. The van der Waals surface area contributed by atoms with Gasteiger partial charge in [0.25, 0.3) is 0 Å². The molecule has 1 N–H and O–H groups in total. The maximum atomic E-state index is 6.84.